The molecule has 1 unspecified atom stereocenters. The second-order valence-electron chi connectivity index (χ2n) is 4.73. The average Bonchev–Trinajstić information content (AvgIpc) is 2.67. The first kappa shape index (κ1) is 13.8. The molecule has 0 bridgehead atoms. The van der Waals surface area contributed by atoms with Gasteiger partial charge in [0.05, 0.1) is 19.1 Å². The molecule has 0 saturated carbocycles. The minimum absolute atomic E-state index is 0.136. The molecule has 2 saturated heterocycles. The van der Waals surface area contributed by atoms with E-state index in [4.69, 9.17) is 4.74 Å². The lowest BCUT2D eigenvalue weighted by molar-refractivity contribution is -0.138. The van der Waals surface area contributed by atoms with Crippen LogP contribution in [0, 0.1) is 0 Å². The van der Waals surface area contributed by atoms with E-state index in [1.165, 1.54) is 11.9 Å². The smallest absolute Gasteiger partial charge is 0.409 e. The molecular weight excluding hydrogens is 250 g/mol. The number of amides is 3. The van der Waals surface area contributed by atoms with E-state index in [0.717, 1.165) is 0 Å². The van der Waals surface area contributed by atoms with Gasteiger partial charge in [-0.15, -0.1) is 0 Å². The normalized spacial score (nSPS) is 25.1. The zero-order valence-corrected chi connectivity index (χ0v) is 11.3. The summed E-state index contributed by atoms with van der Waals surface area (Å²) in [5.74, 6) is -0.280. The van der Waals surface area contributed by atoms with Crippen molar-refractivity contribution >= 4 is 17.9 Å². The quantitative estimate of drug-likeness (QED) is 0.633. The molecule has 19 heavy (non-hydrogen) atoms. The lowest BCUT2D eigenvalue weighted by atomic mass is 10.2. The third-order valence-corrected chi connectivity index (χ3v) is 3.64. The average molecular weight is 269 g/mol. The summed E-state index contributed by atoms with van der Waals surface area (Å²) in [6.45, 7) is 4.37. The van der Waals surface area contributed by atoms with E-state index < -0.39 is 0 Å². The summed E-state index contributed by atoms with van der Waals surface area (Å²) in [6, 6.07) is -0.359. The third kappa shape index (κ3) is 2.70. The van der Waals surface area contributed by atoms with Gasteiger partial charge in [-0.2, -0.15) is 0 Å². The standard InChI is InChI=1S/C12H19N3O4/c1-3-19-12(18)15-6-4-14(5-7-15)9-8-10(16)13(2)11(9)17/h9H,3-8H2,1-2H3. The van der Waals surface area contributed by atoms with Gasteiger partial charge in [-0.3, -0.25) is 19.4 Å². The second kappa shape index (κ2) is 5.56. The first-order chi connectivity index (χ1) is 9.04. The number of piperazine rings is 1. The highest BCUT2D eigenvalue weighted by atomic mass is 16.6. The van der Waals surface area contributed by atoms with Gasteiger partial charge in [0.15, 0.2) is 0 Å². The van der Waals surface area contributed by atoms with Crippen molar-refractivity contribution in [1.82, 2.24) is 14.7 Å². The molecule has 1 atom stereocenters. The van der Waals surface area contributed by atoms with Gasteiger partial charge in [-0.25, -0.2) is 4.79 Å². The van der Waals surface area contributed by atoms with Crippen LogP contribution in [0.3, 0.4) is 0 Å². The minimum Gasteiger partial charge on any atom is -0.450 e. The largest absolute Gasteiger partial charge is 0.450 e. The van der Waals surface area contributed by atoms with Gasteiger partial charge in [0, 0.05) is 33.2 Å². The van der Waals surface area contributed by atoms with Crippen molar-refractivity contribution in [3.63, 3.8) is 0 Å². The van der Waals surface area contributed by atoms with E-state index in [-0.39, 0.29) is 30.4 Å². The van der Waals surface area contributed by atoms with Gasteiger partial charge in [0.1, 0.15) is 0 Å². The molecule has 2 aliphatic rings. The summed E-state index contributed by atoms with van der Waals surface area (Å²) in [5.41, 5.74) is 0. The fourth-order valence-electron chi connectivity index (χ4n) is 2.45. The Morgan fingerprint density at radius 1 is 1.26 bits per heavy atom. The van der Waals surface area contributed by atoms with Crippen molar-refractivity contribution in [3.8, 4) is 0 Å². The van der Waals surface area contributed by atoms with Crippen LogP contribution in [0.25, 0.3) is 0 Å². The van der Waals surface area contributed by atoms with Gasteiger partial charge in [0.2, 0.25) is 11.8 Å². The van der Waals surface area contributed by atoms with Crippen LogP contribution in [-0.4, -0.2) is 78.5 Å². The van der Waals surface area contributed by atoms with Crippen LogP contribution in [0.5, 0.6) is 0 Å². The number of hydrogen-bond acceptors (Lipinski definition) is 5. The summed E-state index contributed by atoms with van der Waals surface area (Å²) in [7, 11) is 1.51. The Morgan fingerprint density at radius 3 is 2.37 bits per heavy atom. The number of hydrogen-bond donors (Lipinski definition) is 0. The highest BCUT2D eigenvalue weighted by molar-refractivity contribution is 6.05. The van der Waals surface area contributed by atoms with Gasteiger partial charge in [-0.1, -0.05) is 0 Å². The molecule has 0 radical (unpaired) electrons. The maximum Gasteiger partial charge on any atom is 0.409 e. The number of likely N-dealkylation sites (tertiary alicyclic amines) is 1. The Labute approximate surface area is 112 Å². The van der Waals surface area contributed by atoms with Crippen molar-refractivity contribution in [2.75, 3.05) is 39.8 Å². The molecule has 0 N–H and O–H groups in total. The molecule has 2 aliphatic heterocycles. The molecule has 3 amide bonds. The molecule has 0 spiro atoms. The monoisotopic (exact) mass is 269 g/mol. The second-order valence-corrected chi connectivity index (χ2v) is 4.73. The number of likely N-dealkylation sites (N-methyl/N-ethyl adjacent to an activating group) is 1. The fourth-order valence-corrected chi connectivity index (χ4v) is 2.45. The fraction of sp³-hybridized carbons (Fsp3) is 0.750. The molecule has 7 nitrogen and oxygen atoms in total. The Hall–Kier alpha value is -1.63. The first-order valence-corrected chi connectivity index (χ1v) is 6.50. The molecular formula is C12H19N3O4. The zero-order chi connectivity index (χ0) is 14.0. The summed E-state index contributed by atoms with van der Waals surface area (Å²) in [4.78, 5) is 39.7. The molecule has 0 aromatic heterocycles. The Balaban J connectivity index is 1.89. The minimum atomic E-state index is -0.359. The highest BCUT2D eigenvalue weighted by Crippen LogP contribution is 2.19. The van der Waals surface area contributed by atoms with E-state index in [9.17, 15) is 14.4 Å². The maximum atomic E-state index is 11.9. The number of rotatable bonds is 2. The Kier molecular flexibility index (Phi) is 4.04. The van der Waals surface area contributed by atoms with Crippen LogP contribution in [-0.2, 0) is 14.3 Å². The molecule has 0 aromatic carbocycles. The van der Waals surface area contributed by atoms with Crippen molar-refractivity contribution in [2.24, 2.45) is 0 Å². The van der Waals surface area contributed by atoms with E-state index in [1.807, 2.05) is 4.90 Å². The van der Waals surface area contributed by atoms with Crippen LogP contribution >= 0.6 is 0 Å². The van der Waals surface area contributed by atoms with Crippen LogP contribution in [0.4, 0.5) is 4.79 Å². The maximum absolute atomic E-state index is 11.9. The predicted molar refractivity (Wildman–Crippen MR) is 66.4 cm³/mol. The number of ether oxygens (including phenoxy) is 1. The van der Waals surface area contributed by atoms with E-state index in [1.54, 1.807) is 11.8 Å². The van der Waals surface area contributed by atoms with E-state index >= 15 is 0 Å². The molecule has 0 aromatic rings. The van der Waals surface area contributed by atoms with Gasteiger partial charge >= 0.3 is 6.09 Å². The molecule has 2 fully saturated rings. The molecule has 7 heteroatoms. The first-order valence-electron chi connectivity index (χ1n) is 6.50. The lowest BCUT2D eigenvalue weighted by Gasteiger charge is -2.36. The van der Waals surface area contributed by atoms with E-state index in [2.05, 4.69) is 0 Å². The summed E-state index contributed by atoms with van der Waals surface area (Å²) >= 11 is 0. The summed E-state index contributed by atoms with van der Waals surface area (Å²) in [5, 5.41) is 0. The molecule has 0 aliphatic carbocycles. The Bertz CT molecular complexity index is 390. The highest BCUT2D eigenvalue weighted by Gasteiger charge is 2.40. The van der Waals surface area contributed by atoms with Gasteiger partial charge in [-0.05, 0) is 6.92 Å². The van der Waals surface area contributed by atoms with Crippen LogP contribution < -0.4 is 0 Å². The van der Waals surface area contributed by atoms with Crippen molar-refractivity contribution in [3.05, 3.63) is 0 Å². The molecule has 106 valence electrons. The van der Waals surface area contributed by atoms with Gasteiger partial charge in [0.25, 0.3) is 0 Å². The van der Waals surface area contributed by atoms with Crippen molar-refractivity contribution in [1.29, 1.82) is 0 Å². The number of carbonyl (C=O) groups is 3. The number of imide groups is 1. The number of nitrogens with zero attached hydrogens (tertiary/aromatic N) is 3. The topological polar surface area (TPSA) is 70.2 Å². The summed E-state index contributed by atoms with van der Waals surface area (Å²) in [6.07, 6.45) is -0.0672. The van der Waals surface area contributed by atoms with Gasteiger partial charge < -0.3 is 9.64 Å². The molecule has 2 rings (SSSR count). The van der Waals surface area contributed by atoms with Crippen molar-refractivity contribution in [2.45, 2.75) is 19.4 Å². The zero-order valence-electron chi connectivity index (χ0n) is 11.3. The van der Waals surface area contributed by atoms with Crippen LogP contribution in [0.2, 0.25) is 0 Å². The summed E-state index contributed by atoms with van der Waals surface area (Å²) < 4.78 is 4.94. The van der Waals surface area contributed by atoms with Crippen LogP contribution in [0.1, 0.15) is 13.3 Å². The SMILES string of the molecule is CCOC(=O)N1CCN(C2CC(=O)N(C)C2=O)CC1. The Morgan fingerprint density at radius 2 is 1.89 bits per heavy atom. The predicted octanol–water partition coefficient (Wildman–Crippen LogP) is -0.482. The number of carbonyl (C=O) groups excluding carboxylic acids is 3. The van der Waals surface area contributed by atoms with Crippen LogP contribution in [0.15, 0.2) is 0 Å². The lowest BCUT2D eigenvalue weighted by Crippen LogP contribution is -2.53. The third-order valence-electron chi connectivity index (χ3n) is 3.64. The van der Waals surface area contributed by atoms with Crippen molar-refractivity contribution < 1.29 is 19.1 Å². The molecule has 2 heterocycles. The van der Waals surface area contributed by atoms with E-state index in [0.29, 0.717) is 32.8 Å².